The van der Waals surface area contributed by atoms with E-state index in [1.807, 2.05) is 12.1 Å². The van der Waals surface area contributed by atoms with Crippen LogP contribution in [0.25, 0.3) is 11.0 Å². The van der Waals surface area contributed by atoms with Gasteiger partial charge in [0.25, 0.3) is 0 Å². The first-order valence-corrected chi connectivity index (χ1v) is 6.09. The van der Waals surface area contributed by atoms with Crippen LogP contribution in [0.15, 0.2) is 22.6 Å². The maximum Gasteiger partial charge on any atom is 0.176 e. The number of hydrogen-bond donors (Lipinski definition) is 1. The van der Waals surface area contributed by atoms with E-state index in [9.17, 15) is 5.11 Å². The van der Waals surface area contributed by atoms with Gasteiger partial charge in [0.1, 0.15) is 5.76 Å². The van der Waals surface area contributed by atoms with Crippen molar-refractivity contribution in [2.45, 2.75) is 25.8 Å². The Morgan fingerprint density at radius 2 is 2.24 bits per heavy atom. The van der Waals surface area contributed by atoms with Gasteiger partial charge in [-0.3, -0.25) is 0 Å². The molecular weight excluding hydrogens is 214 g/mol. The van der Waals surface area contributed by atoms with Crippen molar-refractivity contribution in [1.29, 1.82) is 0 Å². The zero-order chi connectivity index (χ0) is 12.0. The van der Waals surface area contributed by atoms with Crippen LogP contribution < -0.4 is 0 Å². The topological polar surface area (TPSA) is 36.6 Å². The standard InChI is InChI=1S/C14H17NO2/c1-9-8-13-10(6-7-15(9)2)11-4-3-5-12(16)14(11)17-13/h3-5,9,16H,6-8H2,1-2H3. The van der Waals surface area contributed by atoms with Crippen molar-refractivity contribution >= 4 is 11.0 Å². The second kappa shape index (κ2) is 3.77. The molecule has 3 nitrogen and oxygen atoms in total. The van der Waals surface area contributed by atoms with E-state index >= 15 is 0 Å². The first-order chi connectivity index (χ1) is 8.16. The van der Waals surface area contributed by atoms with Crippen LogP contribution >= 0.6 is 0 Å². The van der Waals surface area contributed by atoms with Crippen LogP contribution in [0.5, 0.6) is 5.75 Å². The Bertz CT molecular complexity index is 559. The minimum absolute atomic E-state index is 0.247. The first-order valence-electron chi connectivity index (χ1n) is 6.09. The van der Waals surface area contributed by atoms with Crippen molar-refractivity contribution in [3.05, 3.63) is 29.5 Å². The quantitative estimate of drug-likeness (QED) is 0.757. The predicted octanol–water partition coefficient (Wildman–Crippen LogP) is 2.56. The number of phenolic OH excluding ortho intramolecular Hbond substituents is 1. The number of likely N-dealkylation sites (N-methyl/N-ethyl adjacent to an activating group) is 1. The van der Waals surface area contributed by atoms with Crippen LogP contribution in [0.3, 0.4) is 0 Å². The monoisotopic (exact) mass is 231 g/mol. The Kier molecular flexibility index (Phi) is 2.37. The molecule has 0 bridgehead atoms. The van der Waals surface area contributed by atoms with E-state index in [4.69, 9.17) is 4.42 Å². The molecule has 0 spiro atoms. The van der Waals surface area contributed by atoms with Gasteiger partial charge in [-0.25, -0.2) is 0 Å². The summed E-state index contributed by atoms with van der Waals surface area (Å²) >= 11 is 0. The summed E-state index contributed by atoms with van der Waals surface area (Å²) in [7, 11) is 2.15. The number of rotatable bonds is 0. The SMILES string of the molecule is CC1Cc2oc3c(O)cccc3c2CCN1C. The summed E-state index contributed by atoms with van der Waals surface area (Å²) in [6.45, 7) is 3.25. The van der Waals surface area contributed by atoms with Gasteiger partial charge in [-0.2, -0.15) is 0 Å². The van der Waals surface area contributed by atoms with Crippen LogP contribution in [0, 0.1) is 0 Å². The van der Waals surface area contributed by atoms with Crippen molar-refractivity contribution in [3.8, 4) is 5.75 Å². The third-order valence-electron chi connectivity index (χ3n) is 3.83. The fourth-order valence-electron chi connectivity index (χ4n) is 2.58. The molecule has 90 valence electrons. The van der Waals surface area contributed by atoms with Crippen molar-refractivity contribution in [2.75, 3.05) is 13.6 Å². The molecule has 2 aromatic rings. The molecule has 0 radical (unpaired) electrons. The highest BCUT2D eigenvalue weighted by Crippen LogP contribution is 2.34. The molecule has 3 heteroatoms. The third-order valence-corrected chi connectivity index (χ3v) is 3.83. The number of para-hydroxylation sites is 1. The average molecular weight is 231 g/mol. The summed E-state index contributed by atoms with van der Waals surface area (Å²) in [6, 6.07) is 6.08. The molecule has 0 aliphatic carbocycles. The molecule has 1 atom stereocenters. The fraction of sp³-hybridized carbons (Fsp3) is 0.429. The highest BCUT2D eigenvalue weighted by Gasteiger charge is 2.23. The van der Waals surface area contributed by atoms with Crippen molar-refractivity contribution in [2.24, 2.45) is 0 Å². The minimum Gasteiger partial charge on any atom is -0.504 e. The maximum atomic E-state index is 9.80. The van der Waals surface area contributed by atoms with Crippen LogP contribution in [-0.4, -0.2) is 29.6 Å². The van der Waals surface area contributed by atoms with Crippen LogP contribution in [-0.2, 0) is 12.8 Å². The Labute approximate surface area is 101 Å². The van der Waals surface area contributed by atoms with Crippen LogP contribution in [0.4, 0.5) is 0 Å². The van der Waals surface area contributed by atoms with Gasteiger partial charge in [-0.1, -0.05) is 12.1 Å². The molecular formula is C14H17NO2. The van der Waals surface area contributed by atoms with Crippen molar-refractivity contribution in [3.63, 3.8) is 0 Å². The van der Waals surface area contributed by atoms with Gasteiger partial charge in [-0.15, -0.1) is 0 Å². The van der Waals surface area contributed by atoms with E-state index in [0.29, 0.717) is 11.6 Å². The normalized spacial score (nSPS) is 21.4. The average Bonchev–Trinajstić information content (AvgIpc) is 2.58. The molecule has 0 saturated carbocycles. The predicted molar refractivity (Wildman–Crippen MR) is 67.4 cm³/mol. The molecule has 0 amide bonds. The number of furan rings is 1. The summed E-state index contributed by atoms with van der Waals surface area (Å²) in [5, 5.41) is 10.9. The summed E-state index contributed by atoms with van der Waals surface area (Å²) in [6.07, 6.45) is 1.91. The van der Waals surface area contributed by atoms with E-state index in [-0.39, 0.29) is 5.75 Å². The molecule has 3 rings (SSSR count). The van der Waals surface area contributed by atoms with Gasteiger partial charge < -0.3 is 14.4 Å². The molecule has 1 N–H and O–H groups in total. The van der Waals surface area contributed by atoms with E-state index in [1.54, 1.807) is 6.07 Å². The summed E-state index contributed by atoms with van der Waals surface area (Å²) in [4.78, 5) is 2.35. The minimum atomic E-state index is 0.247. The van der Waals surface area contributed by atoms with Gasteiger partial charge in [-0.05, 0) is 26.5 Å². The van der Waals surface area contributed by atoms with E-state index < -0.39 is 0 Å². The van der Waals surface area contributed by atoms with E-state index in [1.165, 1.54) is 5.56 Å². The lowest BCUT2D eigenvalue weighted by Crippen LogP contribution is -2.30. The smallest absolute Gasteiger partial charge is 0.176 e. The van der Waals surface area contributed by atoms with Gasteiger partial charge in [0.2, 0.25) is 0 Å². The van der Waals surface area contributed by atoms with Crippen molar-refractivity contribution < 1.29 is 9.52 Å². The zero-order valence-corrected chi connectivity index (χ0v) is 10.2. The molecule has 0 fully saturated rings. The highest BCUT2D eigenvalue weighted by molar-refractivity contribution is 5.87. The number of phenols is 1. The molecule has 0 saturated heterocycles. The van der Waals surface area contributed by atoms with Gasteiger partial charge in [0, 0.05) is 30.0 Å². The number of nitrogens with zero attached hydrogens (tertiary/aromatic N) is 1. The number of benzene rings is 1. The molecule has 1 aliphatic heterocycles. The number of fused-ring (bicyclic) bond motifs is 3. The number of aromatic hydroxyl groups is 1. The summed E-state index contributed by atoms with van der Waals surface area (Å²) in [5.74, 6) is 1.29. The fourth-order valence-corrected chi connectivity index (χ4v) is 2.58. The molecule has 1 aromatic carbocycles. The maximum absolute atomic E-state index is 9.80. The molecule has 1 unspecified atom stereocenters. The van der Waals surface area contributed by atoms with Crippen LogP contribution in [0.2, 0.25) is 0 Å². The van der Waals surface area contributed by atoms with Gasteiger partial charge in [0.05, 0.1) is 0 Å². The summed E-state index contributed by atoms with van der Waals surface area (Å²) in [5.41, 5.74) is 1.92. The highest BCUT2D eigenvalue weighted by atomic mass is 16.4. The lowest BCUT2D eigenvalue weighted by molar-refractivity contribution is 0.261. The van der Waals surface area contributed by atoms with Gasteiger partial charge >= 0.3 is 0 Å². The number of hydrogen-bond acceptors (Lipinski definition) is 3. The Morgan fingerprint density at radius 3 is 3.06 bits per heavy atom. The Balaban J connectivity index is 2.17. The molecule has 17 heavy (non-hydrogen) atoms. The lowest BCUT2D eigenvalue weighted by Gasteiger charge is -2.20. The lowest BCUT2D eigenvalue weighted by atomic mass is 10.1. The Hall–Kier alpha value is -1.48. The first kappa shape index (κ1) is 10.7. The molecule has 1 aliphatic rings. The molecule has 1 aromatic heterocycles. The second-order valence-electron chi connectivity index (χ2n) is 4.94. The third kappa shape index (κ3) is 1.62. The Morgan fingerprint density at radius 1 is 1.41 bits per heavy atom. The van der Waals surface area contributed by atoms with Crippen molar-refractivity contribution in [1.82, 2.24) is 4.90 Å². The second-order valence-corrected chi connectivity index (χ2v) is 4.94. The zero-order valence-electron chi connectivity index (χ0n) is 10.2. The van der Waals surface area contributed by atoms with E-state index in [2.05, 4.69) is 18.9 Å². The van der Waals surface area contributed by atoms with Crippen LogP contribution in [0.1, 0.15) is 18.2 Å². The summed E-state index contributed by atoms with van der Waals surface area (Å²) < 4.78 is 5.84. The molecule has 2 heterocycles. The van der Waals surface area contributed by atoms with E-state index in [0.717, 1.165) is 30.5 Å². The largest absolute Gasteiger partial charge is 0.504 e. The van der Waals surface area contributed by atoms with Gasteiger partial charge in [0.15, 0.2) is 11.3 Å².